The third-order valence-corrected chi connectivity index (χ3v) is 3.57. The molecule has 2 unspecified atom stereocenters. The zero-order chi connectivity index (χ0) is 12.4. The van der Waals surface area contributed by atoms with Crippen LogP contribution in [0.25, 0.3) is 0 Å². The molecule has 2 atom stereocenters. The molecule has 0 bridgehead atoms. The topological polar surface area (TPSA) is 40.5 Å². The van der Waals surface area contributed by atoms with Crippen molar-refractivity contribution >= 4 is 12.0 Å². The number of aryl methyl sites for hydroxylation is 1. The number of hydrogen-bond donors (Lipinski definition) is 1. The SMILES string of the molecule is Cc1ccc(N2CCC(C)C(O)C2)c(C=O)c1. The van der Waals surface area contributed by atoms with Gasteiger partial charge in [-0.3, -0.25) is 4.79 Å². The summed E-state index contributed by atoms with van der Waals surface area (Å²) in [6.45, 7) is 5.56. The minimum absolute atomic E-state index is 0.301. The third kappa shape index (κ3) is 2.50. The van der Waals surface area contributed by atoms with Crippen molar-refractivity contribution in [3.63, 3.8) is 0 Å². The van der Waals surface area contributed by atoms with E-state index in [-0.39, 0.29) is 6.10 Å². The molecule has 0 aliphatic carbocycles. The van der Waals surface area contributed by atoms with E-state index in [2.05, 4.69) is 11.8 Å². The Labute approximate surface area is 102 Å². The predicted octanol–water partition coefficient (Wildman–Crippen LogP) is 2.01. The first-order valence-electron chi connectivity index (χ1n) is 6.10. The van der Waals surface area contributed by atoms with E-state index in [4.69, 9.17) is 0 Å². The van der Waals surface area contributed by atoms with Gasteiger partial charge in [-0.05, 0) is 31.4 Å². The molecule has 1 aromatic rings. The van der Waals surface area contributed by atoms with Crippen molar-refractivity contribution in [2.24, 2.45) is 5.92 Å². The molecule has 1 fully saturated rings. The van der Waals surface area contributed by atoms with Crippen LogP contribution >= 0.6 is 0 Å². The summed E-state index contributed by atoms with van der Waals surface area (Å²) in [7, 11) is 0. The molecule has 1 saturated heterocycles. The van der Waals surface area contributed by atoms with Crippen LogP contribution in [0.15, 0.2) is 18.2 Å². The van der Waals surface area contributed by atoms with Gasteiger partial charge in [-0.15, -0.1) is 0 Å². The number of carbonyl (C=O) groups is 1. The Morgan fingerprint density at radius 2 is 2.24 bits per heavy atom. The molecule has 92 valence electrons. The normalized spacial score (nSPS) is 24.8. The first-order valence-corrected chi connectivity index (χ1v) is 6.10. The highest BCUT2D eigenvalue weighted by Crippen LogP contribution is 2.26. The van der Waals surface area contributed by atoms with Gasteiger partial charge >= 0.3 is 0 Å². The van der Waals surface area contributed by atoms with Crippen molar-refractivity contribution in [1.82, 2.24) is 0 Å². The lowest BCUT2D eigenvalue weighted by molar-refractivity contribution is 0.102. The zero-order valence-corrected chi connectivity index (χ0v) is 10.4. The summed E-state index contributed by atoms with van der Waals surface area (Å²) in [5, 5.41) is 9.90. The summed E-state index contributed by atoms with van der Waals surface area (Å²) in [5.41, 5.74) is 2.74. The summed E-state index contributed by atoms with van der Waals surface area (Å²) < 4.78 is 0. The molecule has 0 amide bonds. The number of aliphatic hydroxyl groups excluding tert-OH is 1. The van der Waals surface area contributed by atoms with Gasteiger partial charge in [-0.2, -0.15) is 0 Å². The molecule has 1 N–H and O–H groups in total. The number of piperidine rings is 1. The maximum absolute atomic E-state index is 11.1. The predicted molar refractivity (Wildman–Crippen MR) is 68.6 cm³/mol. The maximum Gasteiger partial charge on any atom is 0.152 e. The highest BCUT2D eigenvalue weighted by Gasteiger charge is 2.25. The molecular weight excluding hydrogens is 214 g/mol. The van der Waals surface area contributed by atoms with Crippen LogP contribution in [-0.2, 0) is 0 Å². The molecule has 0 spiro atoms. The van der Waals surface area contributed by atoms with Crippen molar-refractivity contribution in [2.45, 2.75) is 26.4 Å². The van der Waals surface area contributed by atoms with Crippen LogP contribution in [-0.4, -0.2) is 30.6 Å². The first-order chi connectivity index (χ1) is 8.11. The highest BCUT2D eigenvalue weighted by atomic mass is 16.3. The Hall–Kier alpha value is -1.35. The Bertz CT molecular complexity index is 417. The second kappa shape index (κ2) is 4.88. The molecule has 2 rings (SSSR count). The molecule has 1 aliphatic heterocycles. The second-order valence-corrected chi connectivity index (χ2v) is 4.96. The summed E-state index contributed by atoms with van der Waals surface area (Å²) >= 11 is 0. The molecule has 3 nitrogen and oxygen atoms in total. The van der Waals surface area contributed by atoms with Crippen LogP contribution in [0.5, 0.6) is 0 Å². The van der Waals surface area contributed by atoms with E-state index in [1.54, 1.807) is 0 Å². The number of carbonyl (C=O) groups excluding carboxylic acids is 1. The van der Waals surface area contributed by atoms with Crippen molar-refractivity contribution in [3.8, 4) is 0 Å². The Kier molecular flexibility index (Phi) is 3.48. The van der Waals surface area contributed by atoms with Crippen LogP contribution in [0.1, 0.15) is 29.3 Å². The number of aldehydes is 1. The van der Waals surface area contributed by atoms with Gasteiger partial charge < -0.3 is 10.0 Å². The Balaban J connectivity index is 2.25. The van der Waals surface area contributed by atoms with Crippen LogP contribution in [0.2, 0.25) is 0 Å². The Morgan fingerprint density at radius 3 is 2.88 bits per heavy atom. The van der Waals surface area contributed by atoms with Crippen molar-refractivity contribution in [1.29, 1.82) is 0 Å². The number of β-amino-alcohol motifs (C(OH)–C–C–N with tert-alkyl or cyclic N) is 1. The Morgan fingerprint density at radius 1 is 1.47 bits per heavy atom. The van der Waals surface area contributed by atoms with Crippen molar-refractivity contribution < 1.29 is 9.90 Å². The molecule has 1 heterocycles. The second-order valence-electron chi connectivity index (χ2n) is 4.96. The van der Waals surface area contributed by atoms with Gasteiger partial charge in [0.1, 0.15) is 0 Å². The van der Waals surface area contributed by atoms with Gasteiger partial charge in [0.25, 0.3) is 0 Å². The first kappa shape index (κ1) is 12.1. The van der Waals surface area contributed by atoms with Crippen LogP contribution in [0.4, 0.5) is 5.69 Å². The summed E-state index contributed by atoms with van der Waals surface area (Å²) in [6.07, 6.45) is 1.56. The van der Waals surface area contributed by atoms with E-state index < -0.39 is 0 Å². The molecule has 1 aromatic carbocycles. The molecule has 0 saturated carbocycles. The number of benzene rings is 1. The molecule has 1 aliphatic rings. The number of rotatable bonds is 2. The van der Waals surface area contributed by atoms with E-state index in [1.165, 1.54) is 0 Å². The number of aliphatic hydroxyl groups is 1. The number of nitrogens with zero attached hydrogens (tertiary/aromatic N) is 1. The van der Waals surface area contributed by atoms with Gasteiger partial charge in [-0.25, -0.2) is 0 Å². The lowest BCUT2D eigenvalue weighted by atomic mass is 9.95. The molecule has 0 radical (unpaired) electrons. The quantitative estimate of drug-likeness (QED) is 0.794. The van der Waals surface area contributed by atoms with E-state index >= 15 is 0 Å². The third-order valence-electron chi connectivity index (χ3n) is 3.57. The lowest BCUT2D eigenvalue weighted by Gasteiger charge is -2.36. The minimum Gasteiger partial charge on any atom is -0.391 e. The summed E-state index contributed by atoms with van der Waals surface area (Å²) in [5.74, 6) is 0.344. The van der Waals surface area contributed by atoms with Crippen LogP contribution in [0, 0.1) is 12.8 Å². The average molecular weight is 233 g/mol. The molecular formula is C14H19NO2. The van der Waals surface area contributed by atoms with E-state index in [1.807, 2.05) is 25.1 Å². The number of anilines is 1. The van der Waals surface area contributed by atoms with Crippen LogP contribution in [0.3, 0.4) is 0 Å². The minimum atomic E-state index is -0.301. The van der Waals surface area contributed by atoms with Gasteiger partial charge in [0.05, 0.1) is 6.10 Å². The monoisotopic (exact) mass is 233 g/mol. The highest BCUT2D eigenvalue weighted by molar-refractivity contribution is 5.85. The van der Waals surface area contributed by atoms with Gasteiger partial charge in [0.2, 0.25) is 0 Å². The van der Waals surface area contributed by atoms with E-state index in [0.29, 0.717) is 18.0 Å². The fraction of sp³-hybridized carbons (Fsp3) is 0.500. The molecule has 0 aromatic heterocycles. The van der Waals surface area contributed by atoms with Crippen molar-refractivity contribution in [3.05, 3.63) is 29.3 Å². The number of hydrogen-bond acceptors (Lipinski definition) is 3. The van der Waals surface area contributed by atoms with Gasteiger partial charge in [0.15, 0.2) is 6.29 Å². The van der Waals surface area contributed by atoms with E-state index in [9.17, 15) is 9.90 Å². The standard InChI is InChI=1S/C14H19NO2/c1-10-3-4-13(12(7-10)9-16)15-6-5-11(2)14(17)8-15/h3-4,7,9,11,14,17H,5-6,8H2,1-2H3. The van der Waals surface area contributed by atoms with E-state index in [0.717, 1.165) is 30.5 Å². The lowest BCUT2D eigenvalue weighted by Crippen LogP contribution is -2.43. The summed E-state index contributed by atoms with van der Waals surface area (Å²) in [6, 6.07) is 5.88. The fourth-order valence-corrected chi connectivity index (χ4v) is 2.32. The maximum atomic E-state index is 11.1. The van der Waals surface area contributed by atoms with Crippen LogP contribution < -0.4 is 4.90 Å². The molecule has 3 heteroatoms. The molecule has 17 heavy (non-hydrogen) atoms. The average Bonchev–Trinajstić information content (AvgIpc) is 2.32. The smallest absolute Gasteiger partial charge is 0.152 e. The van der Waals surface area contributed by atoms with Gasteiger partial charge in [-0.1, -0.05) is 18.6 Å². The zero-order valence-electron chi connectivity index (χ0n) is 10.4. The fourth-order valence-electron chi connectivity index (χ4n) is 2.32. The van der Waals surface area contributed by atoms with Gasteiger partial charge in [0, 0.05) is 24.3 Å². The summed E-state index contributed by atoms with van der Waals surface area (Å²) in [4.78, 5) is 13.2. The largest absolute Gasteiger partial charge is 0.391 e. The van der Waals surface area contributed by atoms with Crippen molar-refractivity contribution in [2.75, 3.05) is 18.0 Å².